The monoisotopic (exact) mass is 440 g/mol. The number of nitro groups is 2. The van der Waals surface area contributed by atoms with Crippen molar-refractivity contribution in [1.82, 2.24) is 5.43 Å². The van der Waals surface area contributed by atoms with E-state index in [0.29, 0.717) is 11.3 Å². The van der Waals surface area contributed by atoms with Gasteiger partial charge in [-0.25, -0.2) is 5.43 Å². The van der Waals surface area contributed by atoms with Gasteiger partial charge in [-0.15, -0.1) is 0 Å². The molecule has 0 bridgehead atoms. The Hall–Kier alpha value is -4.74. The van der Waals surface area contributed by atoms with E-state index in [-0.39, 0.29) is 34.2 Å². The number of carbonyl (C=O) groups excluding carboxylic acids is 1. The smallest absolute Gasteiger partial charge is 0.275 e. The Morgan fingerprint density at radius 2 is 1.62 bits per heavy atom. The largest absolute Gasteiger partial charge is 0.496 e. The number of ether oxygens (including phenoxy) is 2. The van der Waals surface area contributed by atoms with Crippen molar-refractivity contribution in [3.05, 3.63) is 80.1 Å². The lowest BCUT2D eigenvalue weighted by atomic mass is 10.1. The van der Waals surface area contributed by atoms with Gasteiger partial charge in [-0.2, -0.15) is 5.10 Å². The molecule has 0 saturated carbocycles. The fraction of sp³-hybridized carbons (Fsp3) is 0.100. The number of nitrogens with one attached hydrogen (secondary N) is 1. The summed E-state index contributed by atoms with van der Waals surface area (Å²) in [5.41, 5.74) is 2.28. The Bertz CT molecular complexity index is 1220. The first-order valence-corrected chi connectivity index (χ1v) is 8.92. The zero-order chi connectivity index (χ0) is 23.3. The van der Waals surface area contributed by atoms with E-state index in [9.17, 15) is 25.0 Å². The number of nitrogens with zero attached hydrogens (tertiary/aromatic N) is 3. The van der Waals surface area contributed by atoms with Gasteiger partial charge in [0.15, 0.2) is 0 Å². The highest BCUT2D eigenvalue weighted by atomic mass is 16.6. The quantitative estimate of drug-likeness (QED) is 0.316. The molecule has 2 aromatic carbocycles. The maximum absolute atomic E-state index is 12.4. The number of non-ortho nitro benzene ring substituents is 2. The van der Waals surface area contributed by atoms with Crippen molar-refractivity contribution in [3.8, 4) is 22.8 Å². The first-order chi connectivity index (χ1) is 15.3. The minimum absolute atomic E-state index is 0.0606. The molecule has 32 heavy (non-hydrogen) atoms. The lowest BCUT2D eigenvalue weighted by molar-refractivity contribution is -0.385. The number of hydrazone groups is 1. The summed E-state index contributed by atoms with van der Waals surface area (Å²) in [6.45, 7) is 0. The number of benzene rings is 2. The Labute approximate surface area is 180 Å². The summed E-state index contributed by atoms with van der Waals surface area (Å²) < 4.78 is 15.9. The average Bonchev–Trinajstić information content (AvgIpc) is 3.26. The minimum atomic E-state index is -0.717. The number of hydrogen-bond acceptors (Lipinski definition) is 9. The second-order valence-corrected chi connectivity index (χ2v) is 6.18. The van der Waals surface area contributed by atoms with Crippen molar-refractivity contribution in [2.24, 2.45) is 5.10 Å². The normalized spacial score (nSPS) is 10.7. The lowest BCUT2D eigenvalue weighted by Crippen LogP contribution is -2.18. The van der Waals surface area contributed by atoms with Gasteiger partial charge in [-0.3, -0.25) is 25.0 Å². The van der Waals surface area contributed by atoms with E-state index in [1.54, 1.807) is 12.1 Å². The van der Waals surface area contributed by atoms with E-state index in [0.717, 1.165) is 6.07 Å². The van der Waals surface area contributed by atoms with Crippen molar-refractivity contribution in [2.75, 3.05) is 14.2 Å². The predicted molar refractivity (Wildman–Crippen MR) is 112 cm³/mol. The van der Waals surface area contributed by atoms with Crippen LogP contribution in [0.4, 0.5) is 11.4 Å². The summed E-state index contributed by atoms with van der Waals surface area (Å²) in [6.07, 6.45) is 1.23. The number of nitro benzene ring substituents is 2. The highest BCUT2D eigenvalue weighted by Crippen LogP contribution is 2.34. The third kappa shape index (κ3) is 4.70. The predicted octanol–water partition coefficient (Wildman–Crippen LogP) is 3.54. The molecule has 12 heteroatoms. The fourth-order valence-electron chi connectivity index (χ4n) is 2.77. The minimum Gasteiger partial charge on any atom is -0.496 e. The highest BCUT2D eigenvalue weighted by Gasteiger charge is 2.18. The van der Waals surface area contributed by atoms with Crippen LogP contribution in [-0.4, -0.2) is 36.2 Å². The molecule has 3 aromatic rings. The van der Waals surface area contributed by atoms with Gasteiger partial charge in [0.1, 0.15) is 23.0 Å². The van der Waals surface area contributed by atoms with Gasteiger partial charge in [-0.05, 0) is 24.3 Å². The SMILES string of the molecule is COc1ccc([N+](=O)[O-])cc1C(=O)N/N=C\c1ccc(-c2ccc([N+](=O)[O-])cc2OC)o1. The van der Waals surface area contributed by atoms with Crippen LogP contribution in [0.2, 0.25) is 0 Å². The molecule has 12 nitrogen and oxygen atoms in total. The Balaban J connectivity index is 1.76. The molecule has 0 fully saturated rings. The van der Waals surface area contributed by atoms with Crippen LogP contribution < -0.4 is 14.9 Å². The zero-order valence-electron chi connectivity index (χ0n) is 16.8. The van der Waals surface area contributed by atoms with Gasteiger partial charge >= 0.3 is 0 Å². The summed E-state index contributed by atoms with van der Waals surface area (Å²) in [5, 5.41) is 25.7. The molecule has 0 saturated heterocycles. The van der Waals surface area contributed by atoms with E-state index in [1.807, 2.05) is 0 Å². The zero-order valence-corrected chi connectivity index (χ0v) is 16.8. The molecular weight excluding hydrogens is 424 g/mol. The average molecular weight is 440 g/mol. The summed E-state index contributed by atoms with van der Waals surface area (Å²) in [4.78, 5) is 33.1. The van der Waals surface area contributed by atoms with Gasteiger partial charge in [0.2, 0.25) is 0 Å². The van der Waals surface area contributed by atoms with Crippen molar-refractivity contribution in [2.45, 2.75) is 0 Å². The maximum atomic E-state index is 12.4. The lowest BCUT2D eigenvalue weighted by Gasteiger charge is -2.06. The fourth-order valence-corrected chi connectivity index (χ4v) is 2.77. The van der Waals surface area contributed by atoms with Crippen LogP contribution in [0.25, 0.3) is 11.3 Å². The first-order valence-electron chi connectivity index (χ1n) is 8.92. The van der Waals surface area contributed by atoms with Gasteiger partial charge in [0.25, 0.3) is 17.3 Å². The van der Waals surface area contributed by atoms with Crippen LogP contribution >= 0.6 is 0 Å². The van der Waals surface area contributed by atoms with Crippen LogP contribution in [0.1, 0.15) is 16.1 Å². The number of hydrogen-bond donors (Lipinski definition) is 1. The molecule has 0 aliphatic carbocycles. The van der Waals surface area contributed by atoms with Crippen molar-refractivity contribution >= 4 is 23.5 Å². The third-order valence-electron chi connectivity index (χ3n) is 4.28. The van der Waals surface area contributed by atoms with Crippen molar-refractivity contribution < 1.29 is 28.5 Å². The molecule has 1 N–H and O–H groups in total. The molecule has 0 radical (unpaired) electrons. The van der Waals surface area contributed by atoms with Crippen LogP contribution in [0, 0.1) is 20.2 Å². The highest BCUT2D eigenvalue weighted by molar-refractivity contribution is 5.98. The van der Waals surface area contributed by atoms with E-state index in [1.165, 1.54) is 50.8 Å². The summed E-state index contributed by atoms with van der Waals surface area (Å²) >= 11 is 0. The van der Waals surface area contributed by atoms with Gasteiger partial charge in [-0.1, -0.05) is 0 Å². The molecule has 0 atom stereocenters. The molecule has 1 amide bonds. The molecular formula is C20H16N4O8. The summed E-state index contributed by atoms with van der Waals surface area (Å²) in [5.74, 6) is 0.319. The van der Waals surface area contributed by atoms with E-state index < -0.39 is 15.8 Å². The van der Waals surface area contributed by atoms with Crippen molar-refractivity contribution in [3.63, 3.8) is 0 Å². The standard InChI is InChI=1S/C20H16N4O8/c1-30-17-7-4-12(23(26)27)9-16(17)20(25)22-21-11-14-5-8-18(32-14)15-6-3-13(24(28)29)10-19(15)31-2/h3-11H,1-2H3,(H,22,25)/b21-11-. The second kappa shape index (κ2) is 9.38. The molecule has 1 aromatic heterocycles. The van der Waals surface area contributed by atoms with Crippen LogP contribution in [0.5, 0.6) is 11.5 Å². The number of carbonyl (C=O) groups is 1. The van der Waals surface area contributed by atoms with E-state index >= 15 is 0 Å². The van der Waals surface area contributed by atoms with E-state index in [2.05, 4.69) is 10.5 Å². The van der Waals surface area contributed by atoms with Gasteiger partial charge in [0.05, 0.1) is 47.5 Å². The first kappa shape index (κ1) is 22.0. The molecule has 3 rings (SSSR count). The van der Waals surface area contributed by atoms with Crippen molar-refractivity contribution in [1.29, 1.82) is 0 Å². The molecule has 0 spiro atoms. The molecule has 0 aliphatic rings. The maximum Gasteiger partial charge on any atom is 0.275 e. The van der Waals surface area contributed by atoms with Crippen LogP contribution in [0.15, 0.2) is 58.0 Å². The third-order valence-corrected chi connectivity index (χ3v) is 4.28. The molecule has 0 aliphatic heterocycles. The Morgan fingerprint density at radius 3 is 2.28 bits per heavy atom. The number of amides is 1. The molecule has 1 heterocycles. The van der Waals surface area contributed by atoms with Gasteiger partial charge < -0.3 is 13.9 Å². The molecule has 164 valence electrons. The summed E-state index contributed by atoms with van der Waals surface area (Å²) in [7, 11) is 2.71. The second-order valence-electron chi connectivity index (χ2n) is 6.18. The number of methoxy groups -OCH3 is 2. The Kier molecular flexibility index (Phi) is 6.44. The molecule has 0 unspecified atom stereocenters. The van der Waals surface area contributed by atoms with Crippen LogP contribution in [0.3, 0.4) is 0 Å². The topological polar surface area (TPSA) is 159 Å². The van der Waals surface area contributed by atoms with Gasteiger partial charge in [0, 0.05) is 18.2 Å². The van der Waals surface area contributed by atoms with Crippen LogP contribution in [-0.2, 0) is 0 Å². The number of rotatable bonds is 8. The Morgan fingerprint density at radius 1 is 0.969 bits per heavy atom. The summed E-state index contributed by atoms with van der Waals surface area (Å²) in [6, 6.07) is 10.9. The number of furan rings is 1. The van der Waals surface area contributed by atoms with E-state index in [4.69, 9.17) is 13.9 Å².